The van der Waals surface area contributed by atoms with Crippen LogP contribution in [0.4, 0.5) is 0 Å². The Morgan fingerprint density at radius 2 is 2.31 bits per heavy atom. The molecule has 1 amide bonds. The van der Waals surface area contributed by atoms with Gasteiger partial charge in [0, 0.05) is 17.5 Å². The van der Waals surface area contributed by atoms with Crippen LogP contribution in [0.3, 0.4) is 0 Å². The fraction of sp³-hybridized carbons (Fsp3) is 0.308. The number of hydrogen-bond acceptors (Lipinski definition) is 1. The van der Waals surface area contributed by atoms with Crippen LogP contribution in [-0.4, -0.2) is 11.9 Å². The lowest BCUT2D eigenvalue weighted by Gasteiger charge is -2.04. The molecule has 2 rings (SSSR count). The maximum atomic E-state index is 11.0. The standard InChI is InChI=1S/C13H14ClNO/c1-9-2-3-10(12(14)8-9)4-5-11-6-7-13(16)15-11/h2-5,8,11H,6-7H2,1H3,(H,15,16)/b5-4+/t11-/m0/s1. The zero-order valence-electron chi connectivity index (χ0n) is 9.16. The van der Waals surface area contributed by atoms with Gasteiger partial charge in [0.05, 0.1) is 0 Å². The van der Waals surface area contributed by atoms with Gasteiger partial charge in [0.15, 0.2) is 0 Å². The summed E-state index contributed by atoms with van der Waals surface area (Å²) in [5, 5.41) is 3.64. The monoisotopic (exact) mass is 235 g/mol. The SMILES string of the molecule is Cc1ccc(/C=C/[C@H]2CCC(=O)N2)c(Cl)c1. The quantitative estimate of drug-likeness (QED) is 0.839. The molecule has 1 fully saturated rings. The molecule has 1 aromatic rings. The van der Waals surface area contributed by atoms with Gasteiger partial charge in [0.2, 0.25) is 5.91 Å². The van der Waals surface area contributed by atoms with Gasteiger partial charge < -0.3 is 5.32 Å². The number of benzene rings is 1. The Morgan fingerprint density at radius 1 is 1.50 bits per heavy atom. The lowest BCUT2D eigenvalue weighted by molar-refractivity contribution is -0.119. The molecule has 0 saturated carbocycles. The molecule has 0 bridgehead atoms. The van der Waals surface area contributed by atoms with Crippen LogP contribution >= 0.6 is 11.6 Å². The maximum absolute atomic E-state index is 11.0. The first kappa shape index (κ1) is 11.2. The number of carbonyl (C=O) groups excluding carboxylic acids is 1. The smallest absolute Gasteiger partial charge is 0.220 e. The summed E-state index contributed by atoms with van der Waals surface area (Å²) in [6.07, 6.45) is 5.47. The van der Waals surface area contributed by atoms with Gasteiger partial charge in [-0.1, -0.05) is 35.9 Å². The molecule has 0 radical (unpaired) electrons. The lowest BCUT2D eigenvalue weighted by Crippen LogP contribution is -2.22. The molecule has 2 nitrogen and oxygen atoms in total. The lowest BCUT2D eigenvalue weighted by atomic mass is 10.1. The van der Waals surface area contributed by atoms with Crippen LogP contribution in [0.2, 0.25) is 5.02 Å². The summed E-state index contributed by atoms with van der Waals surface area (Å²) in [5.41, 5.74) is 2.14. The van der Waals surface area contributed by atoms with E-state index in [4.69, 9.17) is 11.6 Å². The molecule has 0 aromatic heterocycles. The molecule has 1 heterocycles. The van der Waals surface area contributed by atoms with Gasteiger partial charge in [-0.15, -0.1) is 0 Å². The van der Waals surface area contributed by atoms with Crippen molar-refractivity contribution < 1.29 is 4.79 Å². The maximum Gasteiger partial charge on any atom is 0.220 e. The summed E-state index contributed by atoms with van der Waals surface area (Å²) in [6.45, 7) is 2.01. The average molecular weight is 236 g/mol. The second kappa shape index (κ2) is 4.71. The molecule has 1 N–H and O–H groups in total. The minimum Gasteiger partial charge on any atom is -0.350 e. The van der Waals surface area contributed by atoms with Crippen molar-refractivity contribution in [1.29, 1.82) is 0 Å². The Balaban J connectivity index is 2.08. The van der Waals surface area contributed by atoms with Gasteiger partial charge in [-0.05, 0) is 30.5 Å². The number of rotatable bonds is 2. The molecule has 0 aliphatic carbocycles. The van der Waals surface area contributed by atoms with Crippen LogP contribution in [-0.2, 0) is 4.79 Å². The highest BCUT2D eigenvalue weighted by molar-refractivity contribution is 6.32. The topological polar surface area (TPSA) is 29.1 Å². The summed E-state index contributed by atoms with van der Waals surface area (Å²) >= 11 is 6.11. The minimum absolute atomic E-state index is 0.129. The first-order chi connectivity index (χ1) is 7.65. The van der Waals surface area contributed by atoms with E-state index in [0.717, 1.165) is 22.6 Å². The summed E-state index contributed by atoms with van der Waals surface area (Å²) < 4.78 is 0. The third-order valence-corrected chi connectivity index (χ3v) is 3.02. The van der Waals surface area contributed by atoms with Gasteiger partial charge in [-0.25, -0.2) is 0 Å². The van der Waals surface area contributed by atoms with Gasteiger partial charge in [0.25, 0.3) is 0 Å². The summed E-state index contributed by atoms with van der Waals surface area (Å²) in [6, 6.07) is 6.11. The van der Waals surface area contributed by atoms with Gasteiger partial charge in [0.1, 0.15) is 0 Å². The average Bonchev–Trinajstić information content (AvgIpc) is 2.63. The van der Waals surface area contributed by atoms with Crippen LogP contribution in [0, 0.1) is 6.92 Å². The van der Waals surface area contributed by atoms with E-state index in [9.17, 15) is 4.79 Å². The second-order valence-corrected chi connectivity index (χ2v) is 4.50. The van der Waals surface area contributed by atoms with E-state index in [1.807, 2.05) is 37.3 Å². The number of aryl methyl sites for hydroxylation is 1. The Morgan fingerprint density at radius 3 is 2.94 bits per heavy atom. The van der Waals surface area contributed by atoms with Crippen molar-refractivity contribution in [3.05, 3.63) is 40.4 Å². The molecular weight excluding hydrogens is 222 g/mol. The zero-order chi connectivity index (χ0) is 11.5. The third kappa shape index (κ3) is 2.64. The fourth-order valence-electron chi connectivity index (χ4n) is 1.77. The third-order valence-electron chi connectivity index (χ3n) is 2.69. The minimum atomic E-state index is 0.129. The van der Waals surface area contributed by atoms with Gasteiger partial charge in [-0.2, -0.15) is 0 Å². The Labute approximate surface area is 100 Å². The highest BCUT2D eigenvalue weighted by atomic mass is 35.5. The molecule has 0 spiro atoms. The van der Waals surface area contributed by atoms with E-state index >= 15 is 0 Å². The summed E-state index contributed by atoms with van der Waals surface area (Å²) in [7, 11) is 0. The molecule has 16 heavy (non-hydrogen) atoms. The van der Waals surface area contributed by atoms with Crippen LogP contribution in [0.15, 0.2) is 24.3 Å². The highest BCUT2D eigenvalue weighted by Crippen LogP contribution is 2.20. The molecule has 1 aromatic carbocycles. The van der Waals surface area contributed by atoms with Crippen LogP contribution in [0.1, 0.15) is 24.0 Å². The summed E-state index contributed by atoms with van der Waals surface area (Å²) in [4.78, 5) is 11.0. The Kier molecular flexibility index (Phi) is 3.30. The second-order valence-electron chi connectivity index (χ2n) is 4.10. The Hall–Kier alpha value is -1.28. The van der Waals surface area contributed by atoms with E-state index in [1.165, 1.54) is 0 Å². The van der Waals surface area contributed by atoms with Crippen molar-refractivity contribution in [3.63, 3.8) is 0 Å². The largest absolute Gasteiger partial charge is 0.350 e. The molecule has 1 aliphatic heterocycles. The highest BCUT2D eigenvalue weighted by Gasteiger charge is 2.17. The molecule has 1 atom stereocenters. The molecule has 1 aliphatic rings. The van der Waals surface area contributed by atoms with Crippen molar-refractivity contribution in [2.45, 2.75) is 25.8 Å². The van der Waals surface area contributed by atoms with E-state index in [2.05, 4.69) is 5.32 Å². The van der Waals surface area contributed by atoms with Crippen molar-refractivity contribution in [1.82, 2.24) is 5.32 Å². The van der Waals surface area contributed by atoms with Crippen molar-refractivity contribution >= 4 is 23.6 Å². The molecule has 3 heteroatoms. The number of amides is 1. The first-order valence-electron chi connectivity index (χ1n) is 5.39. The molecule has 1 saturated heterocycles. The number of nitrogens with one attached hydrogen (secondary N) is 1. The Bertz CT molecular complexity index is 440. The normalized spacial score (nSPS) is 20.4. The van der Waals surface area contributed by atoms with Crippen molar-refractivity contribution in [2.75, 3.05) is 0 Å². The molecule has 0 unspecified atom stereocenters. The van der Waals surface area contributed by atoms with Crippen LogP contribution in [0.25, 0.3) is 6.08 Å². The molecular formula is C13H14ClNO. The number of carbonyl (C=O) groups is 1. The van der Waals surface area contributed by atoms with Crippen LogP contribution in [0.5, 0.6) is 0 Å². The predicted molar refractivity (Wildman–Crippen MR) is 66.4 cm³/mol. The van der Waals surface area contributed by atoms with Crippen molar-refractivity contribution in [2.24, 2.45) is 0 Å². The number of hydrogen-bond donors (Lipinski definition) is 1. The van der Waals surface area contributed by atoms with E-state index < -0.39 is 0 Å². The number of halogens is 1. The molecule has 84 valence electrons. The van der Waals surface area contributed by atoms with Crippen LogP contribution < -0.4 is 5.32 Å². The summed E-state index contributed by atoms with van der Waals surface area (Å²) in [5.74, 6) is 0.129. The van der Waals surface area contributed by atoms with E-state index in [1.54, 1.807) is 0 Å². The van der Waals surface area contributed by atoms with Crippen molar-refractivity contribution in [3.8, 4) is 0 Å². The predicted octanol–water partition coefficient (Wildman–Crippen LogP) is 2.94. The fourth-order valence-corrected chi connectivity index (χ4v) is 2.07. The van der Waals surface area contributed by atoms with Gasteiger partial charge in [-0.3, -0.25) is 4.79 Å². The van der Waals surface area contributed by atoms with E-state index in [0.29, 0.717) is 6.42 Å². The van der Waals surface area contributed by atoms with E-state index in [-0.39, 0.29) is 11.9 Å². The zero-order valence-corrected chi connectivity index (χ0v) is 9.92. The van der Waals surface area contributed by atoms with Gasteiger partial charge >= 0.3 is 0 Å². The first-order valence-corrected chi connectivity index (χ1v) is 5.76.